The van der Waals surface area contributed by atoms with Crippen molar-refractivity contribution in [1.82, 2.24) is 4.98 Å². The smallest absolute Gasteiger partial charge is 0.239 e. The van der Waals surface area contributed by atoms with Gasteiger partial charge in [0.2, 0.25) is 0 Å². The molecule has 86 valence electrons. The van der Waals surface area contributed by atoms with Crippen molar-refractivity contribution in [2.45, 2.75) is 12.6 Å². The van der Waals surface area contributed by atoms with Gasteiger partial charge in [-0.15, -0.1) is 0 Å². The van der Waals surface area contributed by atoms with Crippen LogP contribution in [-0.2, 0) is 6.18 Å². The van der Waals surface area contributed by atoms with Crippen LogP contribution in [0, 0.1) is 11.3 Å². The molecule has 0 aromatic carbocycles. The van der Waals surface area contributed by atoms with Gasteiger partial charge >= 0.3 is 6.18 Å². The molecule has 0 aliphatic heterocycles. The van der Waals surface area contributed by atoms with E-state index in [0.717, 1.165) is 0 Å². The van der Waals surface area contributed by atoms with Crippen molar-refractivity contribution in [1.29, 1.82) is 5.26 Å². The molecule has 0 saturated carbocycles. The maximum Gasteiger partial charge on any atom is 0.434 e. The van der Waals surface area contributed by atoms with E-state index < -0.39 is 34.6 Å². The van der Waals surface area contributed by atoms with Crippen molar-refractivity contribution in [3.63, 3.8) is 0 Å². The molecule has 8 heteroatoms. The third kappa shape index (κ3) is 2.39. The van der Waals surface area contributed by atoms with E-state index in [1.807, 2.05) is 0 Å². The topological polar surface area (TPSA) is 36.7 Å². The van der Waals surface area contributed by atoms with Gasteiger partial charge in [0, 0.05) is 0 Å². The van der Waals surface area contributed by atoms with E-state index in [1.165, 1.54) is 6.07 Å². The molecule has 0 bridgehead atoms. The molecule has 0 amide bonds. The van der Waals surface area contributed by atoms with Crippen LogP contribution >= 0.6 is 11.6 Å². The van der Waals surface area contributed by atoms with Crippen LogP contribution in [0.5, 0.6) is 0 Å². The van der Waals surface area contributed by atoms with E-state index in [4.69, 9.17) is 16.9 Å². The predicted molar refractivity (Wildman–Crippen MR) is 43.9 cm³/mol. The Morgan fingerprint density at radius 2 is 1.94 bits per heavy atom. The summed E-state index contributed by atoms with van der Waals surface area (Å²) in [5.41, 5.74) is -3.73. The molecule has 0 saturated heterocycles. The minimum absolute atomic E-state index is 0.527. The van der Waals surface area contributed by atoms with Gasteiger partial charge in [-0.2, -0.15) is 18.4 Å². The van der Waals surface area contributed by atoms with Gasteiger partial charge in [-0.3, -0.25) is 0 Å². The third-order valence-corrected chi connectivity index (χ3v) is 1.90. The van der Waals surface area contributed by atoms with Crippen LogP contribution in [-0.4, -0.2) is 4.98 Å². The minimum atomic E-state index is -4.97. The Labute approximate surface area is 91.3 Å². The lowest BCUT2D eigenvalue weighted by Gasteiger charge is -2.10. The molecule has 16 heavy (non-hydrogen) atoms. The number of alkyl halides is 5. The maximum absolute atomic E-state index is 12.3. The summed E-state index contributed by atoms with van der Waals surface area (Å²) in [6, 6.07) is 1.72. The van der Waals surface area contributed by atoms with Gasteiger partial charge in [0.15, 0.2) is 5.69 Å². The van der Waals surface area contributed by atoms with Crippen molar-refractivity contribution in [3.8, 4) is 6.07 Å². The highest BCUT2D eigenvalue weighted by atomic mass is 35.5. The summed E-state index contributed by atoms with van der Waals surface area (Å²) in [6.07, 6.45) is -8.21. The van der Waals surface area contributed by atoms with Crippen LogP contribution in [0.3, 0.4) is 0 Å². The molecule has 2 nitrogen and oxygen atoms in total. The van der Waals surface area contributed by atoms with Crippen molar-refractivity contribution in [2.75, 3.05) is 0 Å². The fraction of sp³-hybridized carbons (Fsp3) is 0.250. The van der Waals surface area contributed by atoms with Crippen LogP contribution in [0.2, 0.25) is 5.02 Å². The summed E-state index contributed by atoms with van der Waals surface area (Å²) < 4.78 is 61.4. The van der Waals surface area contributed by atoms with Gasteiger partial charge in [-0.25, -0.2) is 13.8 Å². The maximum atomic E-state index is 12.3. The summed E-state index contributed by atoms with van der Waals surface area (Å²) >= 11 is 5.26. The normalized spacial score (nSPS) is 11.6. The van der Waals surface area contributed by atoms with Crippen molar-refractivity contribution in [3.05, 3.63) is 28.0 Å². The average Bonchev–Trinajstić information content (AvgIpc) is 2.14. The second kappa shape index (κ2) is 4.22. The molecule has 0 spiro atoms. The standard InChI is InChI=1S/C8H2ClF5N2/c9-4-1-3(2-15)6(8(12,13)14)16-5(4)7(10)11/h1,7H. The lowest BCUT2D eigenvalue weighted by Crippen LogP contribution is -2.13. The zero-order valence-corrected chi connectivity index (χ0v) is 8.07. The Morgan fingerprint density at radius 1 is 1.38 bits per heavy atom. The number of nitrogens with zero attached hydrogens (tertiary/aromatic N) is 2. The molecule has 1 heterocycles. The van der Waals surface area contributed by atoms with E-state index in [2.05, 4.69) is 4.98 Å². The first-order chi connectivity index (χ1) is 7.27. The van der Waals surface area contributed by atoms with E-state index in [-0.39, 0.29) is 0 Å². The van der Waals surface area contributed by atoms with E-state index in [1.54, 1.807) is 0 Å². The van der Waals surface area contributed by atoms with Crippen molar-refractivity contribution >= 4 is 11.6 Å². The highest BCUT2D eigenvalue weighted by Gasteiger charge is 2.37. The van der Waals surface area contributed by atoms with Crippen molar-refractivity contribution < 1.29 is 22.0 Å². The van der Waals surface area contributed by atoms with Crippen LogP contribution in [0.15, 0.2) is 6.07 Å². The number of rotatable bonds is 1. The molecular formula is C8H2ClF5N2. The zero-order chi connectivity index (χ0) is 12.5. The SMILES string of the molecule is N#Cc1cc(Cl)c(C(F)F)nc1C(F)(F)F. The minimum Gasteiger partial charge on any atom is -0.239 e. The number of hydrogen-bond acceptors (Lipinski definition) is 2. The van der Waals surface area contributed by atoms with Gasteiger partial charge in [0.25, 0.3) is 6.43 Å². The Hall–Kier alpha value is -1.42. The number of aromatic nitrogens is 1. The molecule has 1 aromatic rings. The lowest BCUT2D eigenvalue weighted by molar-refractivity contribution is -0.141. The van der Waals surface area contributed by atoms with Gasteiger partial charge in [-0.1, -0.05) is 11.6 Å². The fourth-order valence-corrected chi connectivity index (χ4v) is 1.19. The summed E-state index contributed by atoms with van der Waals surface area (Å²) in [5.74, 6) is 0. The number of hydrogen-bond donors (Lipinski definition) is 0. The molecule has 1 rings (SSSR count). The van der Waals surface area contributed by atoms with Gasteiger partial charge < -0.3 is 0 Å². The van der Waals surface area contributed by atoms with Crippen molar-refractivity contribution in [2.24, 2.45) is 0 Å². The zero-order valence-electron chi connectivity index (χ0n) is 7.32. The summed E-state index contributed by atoms with van der Waals surface area (Å²) in [5, 5.41) is 7.73. The average molecular weight is 257 g/mol. The molecule has 1 aromatic heterocycles. The number of pyridine rings is 1. The first-order valence-electron chi connectivity index (χ1n) is 3.73. The molecule has 0 radical (unpaired) electrons. The van der Waals surface area contributed by atoms with E-state index >= 15 is 0 Å². The van der Waals surface area contributed by atoms with Crippen LogP contribution < -0.4 is 0 Å². The van der Waals surface area contributed by atoms with Gasteiger partial charge in [0.1, 0.15) is 11.8 Å². The van der Waals surface area contributed by atoms with E-state index in [9.17, 15) is 22.0 Å². The summed E-state index contributed by atoms with van der Waals surface area (Å²) in [4.78, 5) is 2.68. The molecule has 0 atom stereocenters. The third-order valence-electron chi connectivity index (χ3n) is 1.60. The number of halogens is 6. The van der Waals surface area contributed by atoms with E-state index in [0.29, 0.717) is 6.07 Å². The number of nitriles is 1. The fourth-order valence-electron chi connectivity index (χ4n) is 0.957. The Morgan fingerprint density at radius 3 is 2.31 bits per heavy atom. The van der Waals surface area contributed by atoms with Crippen LogP contribution in [0.4, 0.5) is 22.0 Å². The molecule has 0 unspecified atom stereocenters. The second-order valence-corrected chi connectivity index (χ2v) is 3.07. The second-order valence-electron chi connectivity index (χ2n) is 2.66. The first kappa shape index (κ1) is 12.6. The largest absolute Gasteiger partial charge is 0.434 e. The first-order valence-corrected chi connectivity index (χ1v) is 4.11. The van der Waals surface area contributed by atoms with Crippen LogP contribution in [0.1, 0.15) is 23.4 Å². The molecule has 0 fully saturated rings. The lowest BCUT2D eigenvalue weighted by atomic mass is 10.2. The molecule has 0 N–H and O–H groups in total. The molecular weight excluding hydrogens is 255 g/mol. The highest BCUT2D eigenvalue weighted by molar-refractivity contribution is 6.31. The highest BCUT2D eigenvalue weighted by Crippen LogP contribution is 2.34. The Balaban J connectivity index is 3.49. The Kier molecular flexibility index (Phi) is 3.33. The Bertz CT molecular complexity index is 449. The summed E-state index contributed by atoms with van der Waals surface area (Å²) in [7, 11) is 0. The van der Waals surface area contributed by atoms with Gasteiger partial charge in [0.05, 0.1) is 10.6 Å². The summed E-state index contributed by atoms with van der Waals surface area (Å²) in [6.45, 7) is 0. The predicted octanol–water partition coefficient (Wildman–Crippen LogP) is 3.56. The monoisotopic (exact) mass is 256 g/mol. The molecule has 0 aliphatic rings. The molecule has 0 aliphatic carbocycles. The van der Waals surface area contributed by atoms with Crippen LogP contribution in [0.25, 0.3) is 0 Å². The van der Waals surface area contributed by atoms with Gasteiger partial charge in [-0.05, 0) is 6.07 Å². The quantitative estimate of drug-likeness (QED) is 0.720.